The van der Waals surface area contributed by atoms with Gasteiger partial charge in [-0.25, -0.2) is 0 Å². The molecule has 0 saturated carbocycles. The van der Waals surface area contributed by atoms with Crippen molar-refractivity contribution in [2.45, 2.75) is 18.6 Å². The quantitative estimate of drug-likeness (QED) is 0.828. The van der Waals surface area contributed by atoms with Crippen LogP contribution in [0.4, 0.5) is 5.69 Å². The van der Waals surface area contributed by atoms with E-state index in [9.17, 15) is 0 Å². The van der Waals surface area contributed by atoms with Crippen molar-refractivity contribution in [3.8, 4) is 0 Å². The lowest BCUT2D eigenvalue weighted by atomic mass is 9.81. The normalized spacial score (nSPS) is 27.6. The van der Waals surface area contributed by atoms with Crippen LogP contribution in [-0.2, 0) is 4.74 Å². The van der Waals surface area contributed by atoms with Crippen LogP contribution in [0.2, 0.25) is 5.02 Å². The topological polar surface area (TPSA) is 21.3 Å². The highest BCUT2D eigenvalue weighted by molar-refractivity contribution is 6.31. The number of anilines is 1. The zero-order valence-electron chi connectivity index (χ0n) is 11.1. The monoisotopic (exact) mass is 285 g/mol. The molecule has 20 heavy (non-hydrogen) atoms. The van der Waals surface area contributed by atoms with E-state index in [4.69, 9.17) is 16.3 Å². The molecule has 2 heterocycles. The standard InChI is InChI=1S/C17H16ClNO/c18-14-7-3-1-5-11(14)16-13-9-10-20-17(13)12-6-2-4-8-15(12)19-16/h1-8,13,16-17,19H,9-10H2/t13-,16+,17+/m1/s1. The number of para-hydroxylation sites is 1. The molecule has 0 aliphatic carbocycles. The summed E-state index contributed by atoms with van der Waals surface area (Å²) in [6.07, 6.45) is 1.26. The number of ether oxygens (including phenoxy) is 1. The van der Waals surface area contributed by atoms with E-state index in [1.54, 1.807) is 0 Å². The van der Waals surface area contributed by atoms with Crippen LogP contribution in [0.15, 0.2) is 48.5 Å². The Kier molecular flexibility index (Phi) is 2.94. The van der Waals surface area contributed by atoms with Crippen LogP contribution in [0.1, 0.15) is 29.7 Å². The molecule has 0 amide bonds. The Morgan fingerprint density at radius 3 is 2.60 bits per heavy atom. The number of hydrogen-bond donors (Lipinski definition) is 1. The minimum atomic E-state index is 0.189. The van der Waals surface area contributed by atoms with E-state index in [0.29, 0.717) is 5.92 Å². The predicted molar refractivity (Wildman–Crippen MR) is 81.1 cm³/mol. The molecule has 0 aromatic heterocycles. The predicted octanol–water partition coefficient (Wildman–Crippen LogP) is 4.58. The second-order valence-electron chi connectivity index (χ2n) is 5.47. The number of halogens is 1. The van der Waals surface area contributed by atoms with Gasteiger partial charge in [-0.05, 0) is 24.1 Å². The molecule has 3 heteroatoms. The maximum atomic E-state index is 6.39. The van der Waals surface area contributed by atoms with Crippen molar-refractivity contribution >= 4 is 17.3 Å². The summed E-state index contributed by atoms with van der Waals surface area (Å²) in [6, 6.07) is 16.8. The third-order valence-corrected chi connectivity index (χ3v) is 4.73. The fraction of sp³-hybridized carbons (Fsp3) is 0.294. The van der Waals surface area contributed by atoms with Gasteiger partial charge in [0.1, 0.15) is 0 Å². The fourth-order valence-corrected chi connectivity index (χ4v) is 3.71. The Labute approximate surface area is 123 Å². The van der Waals surface area contributed by atoms with Crippen LogP contribution >= 0.6 is 11.6 Å². The van der Waals surface area contributed by atoms with Gasteiger partial charge in [-0.1, -0.05) is 48.0 Å². The first-order valence-corrected chi connectivity index (χ1v) is 7.44. The summed E-state index contributed by atoms with van der Waals surface area (Å²) in [4.78, 5) is 0. The summed E-state index contributed by atoms with van der Waals surface area (Å²) in [5.41, 5.74) is 3.61. The van der Waals surface area contributed by atoms with Crippen molar-refractivity contribution in [2.75, 3.05) is 11.9 Å². The fourth-order valence-electron chi connectivity index (χ4n) is 3.45. The van der Waals surface area contributed by atoms with Gasteiger partial charge in [-0.2, -0.15) is 0 Å². The van der Waals surface area contributed by atoms with E-state index >= 15 is 0 Å². The van der Waals surface area contributed by atoms with E-state index < -0.39 is 0 Å². The van der Waals surface area contributed by atoms with Crippen LogP contribution < -0.4 is 5.32 Å². The molecule has 0 spiro atoms. The van der Waals surface area contributed by atoms with Gasteiger partial charge in [-0.15, -0.1) is 0 Å². The zero-order valence-corrected chi connectivity index (χ0v) is 11.8. The second kappa shape index (κ2) is 4.80. The molecule has 0 bridgehead atoms. The van der Waals surface area contributed by atoms with Gasteiger partial charge < -0.3 is 10.1 Å². The zero-order chi connectivity index (χ0) is 13.5. The van der Waals surface area contributed by atoms with Crippen molar-refractivity contribution in [1.82, 2.24) is 0 Å². The molecular formula is C17H16ClNO. The number of fused-ring (bicyclic) bond motifs is 3. The summed E-state index contributed by atoms with van der Waals surface area (Å²) >= 11 is 6.39. The first-order chi connectivity index (χ1) is 9.84. The summed E-state index contributed by atoms with van der Waals surface area (Å²) in [7, 11) is 0. The highest BCUT2D eigenvalue weighted by Crippen LogP contribution is 2.50. The molecule has 2 aromatic rings. The van der Waals surface area contributed by atoms with Gasteiger partial charge in [0.15, 0.2) is 0 Å². The summed E-state index contributed by atoms with van der Waals surface area (Å²) < 4.78 is 5.99. The molecule has 4 rings (SSSR count). The smallest absolute Gasteiger partial charge is 0.0896 e. The molecule has 1 N–H and O–H groups in total. The van der Waals surface area contributed by atoms with E-state index in [2.05, 4.69) is 35.6 Å². The van der Waals surface area contributed by atoms with Crippen LogP contribution in [0.25, 0.3) is 0 Å². The van der Waals surface area contributed by atoms with Crippen LogP contribution in [0, 0.1) is 5.92 Å². The maximum Gasteiger partial charge on any atom is 0.0896 e. The van der Waals surface area contributed by atoms with Gasteiger partial charge in [0.2, 0.25) is 0 Å². The molecule has 102 valence electrons. The van der Waals surface area contributed by atoms with Crippen LogP contribution in [-0.4, -0.2) is 6.61 Å². The average Bonchev–Trinajstić information content (AvgIpc) is 2.97. The van der Waals surface area contributed by atoms with E-state index in [1.165, 1.54) is 16.8 Å². The Hall–Kier alpha value is -1.51. The average molecular weight is 286 g/mol. The van der Waals surface area contributed by atoms with Crippen LogP contribution in [0.3, 0.4) is 0 Å². The number of rotatable bonds is 1. The lowest BCUT2D eigenvalue weighted by molar-refractivity contribution is 0.0829. The number of hydrogen-bond acceptors (Lipinski definition) is 2. The number of nitrogens with one attached hydrogen (secondary N) is 1. The van der Waals surface area contributed by atoms with E-state index in [-0.39, 0.29) is 12.1 Å². The maximum absolute atomic E-state index is 6.39. The van der Waals surface area contributed by atoms with Crippen molar-refractivity contribution in [1.29, 1.82) is 0 Å². The Bertz CT molecular complexity index is 642. The third-order valence-electron chi connectivity index (χ3n) is 4.38. The molecule has 2 aromatic carbocycles. The van der Waals surface area contributed by atoms with E-state index in [1.807, 2.05) is 18.2 Å². The van der Waals surface area contributed by atoms with E-state index in [0.717, 1.165) is 18.1 Å². The third kappa shape index (κ3) is 1.83. The highest BCUT2D eigenvalue weighted by Gasteiger charge is 2.41. The molecule has 2 nitrogen and oxygen atoms in total. The molecule has 1 saturated heterocycles. The van der Waals surface area contributed by atoms with Gasteiger partial charge in [0, 0.05) is 28.8 Å². The molecular weight excluding hydrogens is 270 g/mol. The molecule has 2 aliphatic heterocycles. The highest BCUT2D eigenvalue weighted by atomic mass is 35.5. The minimum Gasteiger partial charge on any atom is -0.377 e. The van der Waals surface area contributed by atoms with Gasteiger partial charge in [0.25, 0.3) is 0 Å². The Morgan fingerprint density at radius 2 is 1.75 bits per heavy atom. The Morgan fingerprint density at radius 1 is 1.00 bits per heavy atom. The largest absolute Gasteiger partial charge is 0.377 e. The van der Waals surface area contributed by atoms with Crippen molar-refractivity contribution < 1.29 is 4.74 Å². The first-order valence-electron chi connectivity index (χ1n) is 7.06. The van der Waals surface area contributed by atoms with Crippen molar-refractivity contribution in [3.63, 3.8) is 0 Å². The summed E-state index contributed by atoms with van der Waals surface area (Å²) in [5.74, 6) is 0.449. The van der Waals surface area contributed by atoms with Crippen LogP contribution in [0.5, 0.6) is 0 Å². The van der Waals surface area contributed by atoms with Gasteiger partial charge in [-0.3, -0.25) is 0 Å². The SMILES string of the molecule is Clc1ccccc1[C@@H]1Nc2ccccc2[C@@H]2OCC[C@H]12. The van der Waals surface area contributed by atoms with Crippen molar-refractivity contribution in [2.24, 2.45) is 5.92 Å². The summed E-state index contributed by atoms with van der Waals surface area (Å²) in [5, 5.41) is 4.49. The first kappa shape index (κ1) is 12.2. The summed E-state index contributed by atoms with van der Waals surface area (Å²) in [6.45, 7) is 0.826. The molecule has 0 radical (unpaired) electrons. The minimum absolute atomic E-state index is 0.189. The molecule has 1 fully saturated rings. The van der Waals surface area contributed by atoms with Crippen molar-refractivity contribution in [3.05, 3.63) is 64.7 Å². The lowest BCUT2D eigenvalue weighted by Gasteiger charge is -2.36. The number of benzene rings is 2. The molecule has 3 atom stereocenters. The Balaban J connectivity index is 1.81. The lowest BCUT2D eigenvalue weighted by Crippen LogP contribution is -2.29. The second-order valence-corrected chi connectivity index (χ2v) is 5.88. The van der Waals surface area contributed by atoms with Gasteiger partial charge in [0.05, 0.1) is 12.1 Å². The van der Waals surface area contributed by atoms with Gasteiger partial charge >= 0.3 is 0 Å². The molecule has 2 aliphatic rings. The molecule has 0 unspecified atom stereocenters.